The van der Waals surface area contributed by atoms with Crippen LogP contribution in [0.3, 0.4) is 0 Å². The first-order valence-corrected chi connectivity index (χ1v) is 9.51. The van der Waals surface area contributed by atoms with Crippen LogP contribution in [-0.2, 0) is 6.54 Å². The van der Waals surface area contributed by atoms with Gasteiger partial charge in [-0.3, -0.25) is 9.69 Å². The Labute approximate surface area is 153 Å². The zero-order valence-electron chi connectivity index (χ0n) is 13.2. The van der Waals surface area contributed by atoms with E-state index < -0.39 is 0 Å². The first-order chi connectivity index (χ1) is 12.3. The molecule has 0 unspecified atom stereocenters. The Kier molecular flexibility index (Phi) is 4.45. The number of para-hydroxylation sites is 1. The van der Waals surface area contributed by atoms with Crippen molar-refractivity contribution in [3.8, 4) is 10.6 Å². The van der Waals surface area contributed by atoms with E-state index in [9.17, 15) is 4.79 Å². The third-order valence-electron chi connectivity index (χ3n) is 3.70. The van der Waals surface area contributed by atoms with Gasteiger partial charge in [-0.1, -0.05) is 18.2 Å². The number of hydrogen-bond acceptors (Lipinski definition) is 5. The molecular weight excluding hydrogens is 352 g/mol. The van der Waals surface area contributed by atoms with Crippen LogP contribution in [0.15, 0.2) is 75.4 Å². The molecule has 1 amide bonds. The van der Waals surface area contributed by atoms with Crippen molar-refractivity contribution >= 4 is 34.3 Å². The van der Waals surface area contributed by atoms with Gasteiger partial charge >= 0.3 is 0 Å². The number of nitrogens with zero attached hydrogens (tertiary/aromatic N) is 2. The molecule has 0 N–H and O–H groups in total. The highest BCUT2D eigenvalue weighted by atomic mass is 32.1. The lowest BCUT2D eigenvalue weighted by Gasteiger charge is -2.20. The Morgan fingerprint density at radius 2 is 1.96 bits per heavy atom. The fourth-order valence-corrected chi connectivity index (χ4v) is 3.98. The molecule has 6 heteroatoms. The lowest BCUT2D eigenvalue weighted by molar-refractivity contribution is 0.0979. The van der Waals surface area contributed by atoms with E-state index >= 15 is 0 Å². The van der Waals surface area contributed by atoms with Crippen LogP contribution >= 0.6 is 22.7 Å². The Balaban J connectivity index is 1.65. The Morgan fingerprint density at radius 3 is 2.68 bits per heavy atom. The molecule has 3 aromatic heterocycles. The summed E-state index contributed by atoms with van der Waals surface area (Å²) in [7, 11) is 0. The van der Waals surface area contributed by atoms with Crippen LogP contribution in [0.4, 0.5) is 5.69 Å². The van der Waals surface area contributed by atoms with E-state index in [1.54, 1.807) is 22.5 Å². The second kappa shape index (κ2) is 7.04. The summed E-state index contributed by atoms with van der Waals surface area (Å²) in [4.78, 5) is 19.3. The second-order valence-electron chi connectivity index (χ2n) is 5.36. The Hall–Kier alpha value is -2.70. The number of thiazole rings is 1. The minimum atomic E-state index is -0.139. The minimum Gasteiger partial charge on any atom is -0.467 e. The van der Waals surface area contributed by atoms with Gasteiger partial charge in [0.15, 0.2) is 0 Å². The van der Waals surface area contributed by atoms with Crippen LogP contribution in [0.25, 0.3) is 10.6 Å². The van der Waals surface area contributed by atoms with Gasteiger partial charge in [-0.25, -0.2) is 4.98 Å². The van der Waals surface area contributed by atoms with Crippen molar-refractivity contribution in [3.63, 3.8) is 0 Å². The molecule has 0 bridgehead atoms. The van der Waals surface area contributed by atoms with Crippen LogP contribution in [0.5, 0.6) is 0 Å². The van der Waals surface area contributed by atoms with Crippen molar-refractivity contribution < 1.29 is 9.21 Å². The monoisotopic (exact) mass is 366 g/mol. The van der Waals surface area contributed by atoms with Crippen LogP contribution in [-0.4, -0.2) is 10.9 Å². The number of hydrogen-bond donors (Lipinski definition) is 0. The summed E-state index contributed by atoms with van der Waals surface area (Å²) in [5.41, 5.74) is 2.31. The van der Waals surface area contributed by atoms with Crippen molar-refractivity contribution in [2.75, 3.05) is 4.90 Å². The maximum Gasteiger partial charge on any atom is 0.278 e. The van der Waals surface area contributed by atoms with Gasteiger partial charge in [0.25, 0.3) is 5.91 Å². The molecular formula is C19H14N2O2S2. The predicted octanol–water partition coefficient (Wildman–Crippen LogP) is 5.31. The Bertz CT molecular complexity index is 945. The number of thiophene rings is 1. The van der Waals surface area contributed by atoms with Gasteiger partial charge in [0, 0.05) is 22.0 Å². The van der Waals surface area contributed by atoms with Gasteiger partial charge in [0.1, 0.15) is 16.5 Å². The SMILES string of the molecule is O=C(c1csc(-c2ccsc2)n1)N(Cc1ccco1)c1ccccc1. The minimum absolute atomic E-state index is 0.139. The van der Waals surface area contributed by atoms with E-state index in [1.165, 1.54) is 11.3 Å². The molecule has 0 saturated carbocycles. The summed E-state index contributed by atoms with van der Waals surface area (Å²) in [5.74, 6) is 0.589. The van der Waals surface area contributed by atoms with Gasteiger partial charge < -0.3 is 4.42 Å². The lowest BCUT2D eigenvalue weighted by atomic mass is 10.2. The van der Waals surface area contributed by atoms with Crippen molar-refractivity contribution in [1.29, 1.82) is 0 Å². The molecule has 0 aliphatic heterocycles. The molecule has 4 nitrogen and oxygen atoms in total. The van der Waals surface area contributed by atoms with Gasteiger partial charge in [0.2, 0.25) is 0 Å². The fraction of sp³-hybridized carbons (Fsp3) is 0.0526. The second-order valence-corrected chi connectivity index (χ2v) is 6.99. The number of benzene rings is 1. The summed E-state index contributed by atoms with van der Waals surface area (Å²) in [6.07, 6.45) is 1.61. The molecule has 25 heavy (non-hydrogen) atoms. The zero-order valence-corrected chi connectivity index (χ0v) is 14.8. The number of carbonyl (C=O) groups excluding carboxylic acids is 1. The van der Waals surface area contributed by atoms with Crippen molar-refractivity contribution in [2.45, 2.75) is 6.54 Å². The highest BCUT2D eigenvalue weighted by Crippen LogP contribution is 2.27. The van der Waals surface area contributed by atoms with Crippen LogP contribution < -0.4 is 4.90 Å². The fourth-order valence-electron chi connectivity index (χ4n) is 2.48. The van der Waals surface area contributed by atoms with Crippen LogP contribution in [0.1, 0.15) is 16.2 Å². The highest BCUT2D eigenvalue weighted by molar-refractivity contribution is 7.14. The van der Waals surface area contributed by atoms with E-state index in [1.807, 2.05) is 64.7 Å². The van der Waals surface area contributed by atoms with E-state index in [-0.39, 0.29) is 5.91 Å². The topological polar surface area (TPSA) is 46.3 Å². The maximum atomic E-state index is 13.1. The standard InChI is InChI=1S/C19H14N2O2S2/c22-19(17-13-25-18(20-17)14-8-10-24-12-14)21(11-16-7-4-9-23-16)15-5-2-1-3-6-15/h1-10,12-13H,11H2. The van der Waals surface area contributed by atoms with E-state index in [0.717, 1.165) is 22.0 Å². The summed E-state index contributed by atoms with van der Waals surface area (Å²) in [5, 5.41) is 6.71. The summed E-state index contributed by atoms with van der Waals surface area (Å²) < 4.78 is 5.43. The average molecular weight is 366 g/mol. The number of anilines is 1. The molecule has 0 aliphatic rings. The predicted molar refractivity (Wildman–Crippen MR) is 101 cm³/mol. The smallest absolute Gasteiger partial charge is 0.278 e. The normalized spacial score (nSPS) is 10.7. The molecule has 0 spiro atoms. The quantitative estimate of drug-likeness (QED) is 0.481. The summed E-state index contributed by atoms with van der Waals surface area (Å²) in [6.45, 7) is 0.362. The third-order valence-corrected chi connectivity index (χ3v) is 5.27. The van der Waals surface area contributed by atoms with Crippen molar-refractivity contribution in [2.24, 2.45) is 0 Å². The van der Waals surface area contributed by atoms with Gasteiger partial charge in [-0.2, -0.15) is 11.3 Å². The largest absolute Gasteiger partial charge is 0.467 e. The van der Waals surface area contributed by atoms with Crippen molar-refractivity contribution in [3.05, 3.63) is 82.4 Å². The van der Waals surface area contributed by atoms with Crippen LogP contribution in [0.2, 0.25) is 0 Å². The van der Waals surface area contributed by atoms with Crippen LogP contribution in [0, 0.1) is 0 Å². The number of furan rings is 1. The molecule has 124 valence electrons. The number of carbonyl (C=O) groups is 1. The Morgan fingerprint density at radius 1 is 1.08 bits per heavy atom. The number of rotatable bonds is 5. The first-order valence-electron chi connectivity index (χ1n) is 7.68. The van der Waals surface area contributed by atoms with E-state index in [0.29, 0.717) is 12.2 Å². The third kappa shape index (κ3) is 3.40. The molecule has 0 fully saturated rings. The lowest BCUT2D eigenvalue weighted by Crippen LogP contribution is -2.30. The first kappa shape index (κ1) is 15.8. The summed E-state index contributed by atoms with van der Waals surface area (Å²) in [6, 6.07) is 15.3. The maximum absolute atomic E-state index is 13.1. The summed E-state index contributed by atoms with van der Waals surface area (Å²) >= 11 is 3.10. The van der Waals surface area contributed by atoms with Gasteiger partial charge in [-0.05, 0) is 35.7 Å². The molecule has 1 aromatic carbocycles. The molecule has 0 saturated heterocycles. The molecule has 0 aliphatic carbocycles. The molecule has 4 aromatic rings. The average Bonchev–Trinajstić information content (AvgIpc) is 3.42. The number of aromatic nitrogens is 1. The van der Waals surface area contributed by atoms with Crippen molar-refractivity contribution in [1.82, 2.24) is 4.98 Å². The zero-order chi connectivity index (χ0) is 17.1. The molecule has 0 radical (unpaired) electrons. The van der Waals surface area contributed by atoms with Gasteiger partial charge in [0.05, 0.1) is 12.8 Å². The molecule has 0 atom stereocenters. The number of amides is 1. The van der Waals surface area contributed by atoms with E-state index in [2.05, 4.69) is 4.98 Å². The highest BCUT2D eigenvalue weighted by Gasteiger charge is 2.22. The van der Waals surface area contributed by atoms with Gasteiger partial charge in [-0.15, -0.1) is 11.3 Å². The molecule has 4 rings (SSSR count). The van der Waals surface area contributed by atoms with E-state index in [4.69, 9.17) is 4.42 Å². The molecule has 3 heterocycles.